The maximum atomic E-state index is 12.2. The van der Waals surface area contributed by atoms with Crippen molar-refractivity contribution in [3.05, 3.63) is 23.8 Å². The first-order chi connectivity index (χ1) is 11.5. The number of carboxylic acids is 2. The first-order valence-electron chi connectivity index (χ1n) is 8.60. The fourth-order valence-electron chi connectivity index (χ4n) is 6.79. The number of phenolic OH excluding ortho intramolecular Hbond substituents is 1. The van der Waals surface area contributed by atoms with Gasteiger partial charge in [0.15, 0.2) is 0 Å². The third-order valence-electron chi connectivity index (χ3n) is 6.87. The monoisotopic (exact) mass is 345 g/mol. The van der Waals surface area contributed by atoms with Gasteiger partial charge in [-0.25, -0.2) is 0 Å². The minimum atomic E-state index is -1.01. The van der Waals surface area contributed by atoms with Crippen LogP contribution < -0.4 is 5.73 Å². The molecule has 0 aromatic heterocycles. The zero-order chi connectivity index (χ0) is 18.3. The highest BCUT2D eigenvalue weighted by molar-refractivity contribution is 5.82. The number of anilines is 1. The van der Waals surface area contributed by atoms with Crippen LogP contribution in [-0.4, -0.2) is 27.3 Å². The first-order valence-corrected chi connectivity index (χ1v) is 8.60. The SMILES string of the molecule is CC12CC3(C(=O)O)CC(C(=O)O)(C1)CC(c1ccc(O)c(N)c1)(C2)C3. The summed E-state index contributed by atoms with van der Waals surface area (Å²) in [5.41, 5.74) is 4.11. The number of carbonyl (C=O) groups is 2. The van der Waals surface area contributed by atoms with Gasteiger partial charge in [-0.05, 0) is 67.1 Å². The van der Waals surface area contributed by atoms with E-state index in [1.807, 2.05) is 6.92 Å². The molecule has 0 heterocycles. The van der Waals surface area contributed by atoms with Crippen molar-refractivity contribution in [2.24, 2.45) is 16.2 Å². The smallest absolute Gasteiger partial charge is 0.309 e. The van der Waals surface area contributed by atoms with E-state index in [1.165, 1.54) is 6.07 Å². The van der Waals surface area contributed by atoms with Crippen molar-refractivity contribution in [1.29, 1.82) is 0 Å². The quantitative estimate of drug-likeness (QED) is 0.494. The number of hydrogen-bond donors (Lipinski definition) is 4. The molecule has 4 aliphatic carbocycles. The van der Waals surface area contributed by atoms with Gasteiger partial charge in [-0.1, -0.05) is 13.0 Å². The van der Waals surface area contributed by atoms with Crippen molar-refractivity contribution >= 4 is 17.6 Å². The Morgan fingerprint density at radius 3 is 2.00 bits per heavy atom. The Kier molecular flexibility index (Phi) is 2.91. The van der Waals surface area contributed by atoms with Crippen LogP contribution in [0.1, 0.15) is 51.0 Å². The van der Waals surface area contributed by atoms with Crippen molar-refractivity contribution in [3.8, 4) is 5.75 Å². The van der Waals surface area contributed by atoms with Gasteiger partial charge in [0.05, 0.1) is 16.5 Å². The van der Waals surface area contributed by atoms with Crippen LogP contribution in [0.15, 0.2) is 18.2 Å². The standard InChI is InChI=1S/C19H23NO5/c1-16-5-17(11-2-3-13(21)12(20)4-11)8-18(6-16,14(22)23)10-19(7-16,9-17)15(24)25/h2-4,21H,5-10,20H2,1H3,(H,22,23)(H,24,25). The minimum Gasteiger partial charge on any atom is -0.506 e. The molecule has 0 saturated heterocycles. The lowest BCUT2D eigenvalue weighted by Gasteiger charge is -2.67. The highest BCUT2D eigenvalue weighted by Crippen LogP contribution is 2.74. The Balaban J connectivity index is 1.93. The topological polar surface area (TPSA) is 121 Å². The molecule has 25 heavy (non-hydrogen) atoms. The van der Waals surface area contributed by atoms with Gasteiger partial charge >= 0.3 is 11.9 Å². The summed E-state index contributed by atoms with van der Waals surface area (Å²) < 4.78 is 0. The van der Waals surface area contributed by atoms with Crippen molar-refractivity contribution in [2.75, 3.05) is 5.73 Å². The summed E-state index contributed by atoms with van der Waals surface area (Å²) in [6.45, 7) is 2.03. The third-order valence-corrected chi connectivity index (χ3v) is 6.87. The van der Waals surface area contributed by atoms with E-state index in [0.29, 0.717) is 25.7 Å². The molecule has 5 N–H and O–H groups in total. The summed E-state index contributed by atoms with van der Waals surface area (Å²) in [6.07, 6.45) is 2.89. The maximum absolute atomic E-state index is 12.2. The predicted octanol–water partition coefficient (Wildman–Crippen LogP) is 2.74. The molecule has 6 nitrogen and oxygen atoms in total. The van der Waals surface area contributed by atoms with Gasteiger partial charge in [-0.15, -0.1) is 0 Å². The lowest BCUT2D eigenvalue weighted by atomic mass is 9.35. The number of nitrogens with two attached hydrogens (primary N) is 1. The second-order valence-corrected chi connectivity index (χ2v) is 9.10. The summed E-state index contributed by atoms with van der Waals surface area (Å²) in [4.78, 5) is 24.4. The second-order valence-electron chi connectivity index (χ2n) is 9.10. The van der Waals surface area contributed by atoms with E-state index < -0.39 is 28.2 Å². The van der Waals surface area contributed by atoms with Crippen LogP contribution in [0.2, 0.25) is 0 Å². The van der Waals surface area contributed by atoms with Crippen LogP contribution in [0.3, 0.4) is 0 Å². The van der Waals surface area contributed by atoms with E-state index in [2.05, 4.69) is 0 Å². The third kappa shape index (κ3) is 2.03. The second kappa shape index (κ2) is 4.48. The van der Waals surface area contributed by atoms with Crippen LogP contribution in [-0.2, 0) is 15.0 Å². The summed E-state index contributed by atoms with van der Waals surface area (Å²) in [6, 6.07) is 4.98. The summed E-state index contributed by atoms with van der Waals surface area (Å²) >= 11 is 0. The molecular formula is C19H23NO5. The molecule has 4 aliphatic rings. The molecule has 1 aromatic carbocycles. The number of aliphatic carboxylic acids is 2. The van der Waals surface area contributed by atoms with Gasteiger partial charge in [0, 0.05) is 0 Å². The van der Waals surface area contributed by atoms with Crippen LogP contribution in [0.4, 0.5) is 5.69 Å². The summed E-state index contributed by atoms with van der Waals surface area (Å²) in [7, 11) is 0. The molecule has 4 saturated carbocycles. The van der Waals surface area contributed by atoms with Crippen LogP contribution in [0.5, 0.6) is 5.75 Å². The Morgan fingerprint density at radius 2 is 1.52 bits per heavy atom. The zero-order valence-corrected chi connectivity index (χ0v) is 14.2. The molecule has 0 aliphatic heterocycles. The number of phenols is 1. The van der Waals surface area contributed by atoms with E-state index in [9.17, 15) is 24.9 Å². The number of carboxylic acid groups (broad SMARTS) is 2. The van der Waals surface area contributed by atoms with Crippen molar-refractivity contribution < 1.29 is 24.9 Å². The van der Waals surface area contributed by atoms with Gasteiger partial charge in [0.25, 0.3) is 0 Å². The Morgan fingerprint density at radius 1 is 0.960 bits per heavy atom. The van der Waals surface area contributed by atoms with E-state index in [-0.39, 0.29) is 23.3 Å². The highest BCUT2D eigenvalue weighted by atomic mass is 16.4. The average Bonchev–Trinajstić information content (AvgIpc) is 2.47. The molecule has 0 spiro atoms. The molecule has 134 valence electrons. The van der Waals surface area contributed by atoms with Crippen LogP contribution in [0.25, 0.3) is 0 Å². The average molecular weight is 345 g/mol. The minimum absolute atomic E-state index is 0.0133. The first kappa shape index (κ1) is 16.2. The molecule has 2 atom stereocenters. The number of nitrogen functional groups attached to an aromatic ring is 1. The molecule has 2 unspecified atom stereocenters. The number of aromatic hydroxyl groups is 1. The Hall–Kier alpha value is -2.24. The fourth-order valence-corrected chi connectivity index (χ4v) is 6.79. The molecule has 0 radical (unpaired) electrons. The Bertz CT molecular complexity index is 771. The van der Waals surface area contributed by atoms with E-state index in [4.69, 9.17) is 5.73 Å². The predicted molar refractivity (Wildman–Crippen MR) is 90.1 cm³/mol. The molecule has 4 fully saturated rings. The molecule has 5 rings (SSSR count). The zero-order valence-electron chi connectivity index (χ0n) is 14.2. The van der Waals surface area contributed by atoms with Gasteiger partial charge in [0.2, 0.25) is 0 Å². The largest absolute Gasteiger partial charge is 0.506 e. The molecular weight excluding hydrogens is 322 g/mol. The highest BCUT2D eigenvalue weighted by Gasteiger charge is 2.71. The Labute approximate surface area is 145 Å². The van der Waals surface area contributed by atoms with E-state index >= 15 is 0 Å². The van der Waals surface area contributed by atoms with Crippen molar-refractivity contribution in [2.45, 2.75) is 50.9 Å². The number of hydrogen-bond acceptors (Lipinski definition) is 4. The van der Waals surface area contributed by atoms with Crippen molar-refractivity contribution in [1.82, 2.24) is 0 Å². The fraction of sp³-hybridized carbons (Fsp3) is 0.579. The molecule has 4 bridgehead atoms. The van der Waals surface area contributed by atoms with Crippen molar-refractivity contribution in [3.63, 3.8) is 0 Å². The maximum Gasteiger partial charge on any atom is 0.309 e. The van der Waals surface area contributed by atoms with Gasteiger partial charge < -0.3 is 21.1 Å². The summed E-state index contributed by atoms with van der Waals surface area (Å²) in [5, 5.41) is 29.7. The molecule has 6 heteroatoms. The number of benzene rings is 1. The molecule has 0 amide bonds. The van der Waals surface area contributed by atoms with E-state index in [0.717, 1.165) is 12.0 Å². The number of rotatable bonds is 3. The van der Waals surface area contributed by atoms with Gasteiger partial charge in [-0.2, -0.15) is 0 Å². The van der Waals surface area contributed by atoms with Gasteiger partial charge in [0.1, 0.15) is 5.75 Å². The lowest BCUT2D eigenvalue weighted by molar-refractivity contribution is -0.205. The summed E-state index contributed by atoms with van der Waals surface area (Å²) in [5.74, 6) is -1.79. The van der Waals surface area contributed by atoms with E-state index in [1.54, 1.807) is 12.1 Å². The lowest BCUT2D eigenvalue weighted by Crippen LogP contribution is -2.65. The van der Waals surface area contributed by atoms with Crippen LogP contribution >= 0.6 is 0 Å². The van der Waals surface area contributed by atoms with Crippen LogP contribution in [0, 0.1) is 16.2 Å². The van der Waals surface area contributed by atoms with Gasteiger partial charge in [-0.3, -0.25) is 9.59 Å². The molecule has 1 aromatic rings. The normalized spacial score (nSPS) is 41.6.